The van der Waals surface area contributed by atoms with Gasteiger partial charge in [-0.1, -0.05) is 13.3 Å². The van der Waals surface area contributed by atoms with Crippen molar-refractivity contribution in [3.63, 3.8) is 0 Å². The first-order valence-corrected chi connectivity index (χ1v) is 6.92. The summed E-state index contributed by atoms with van der Waals surface area (Å²) in [6.07, 6.45) is 7.18. The standard InChI is InChI=1S/C14H27NO2/c1-4-11-5-7-12(8-6-11)15-10-9-14(2,3)13(16)17/h11-12,15H,4-10H2,1-3H3,(H,16,17). The Hall–Kier alpha value is -0.570. The van der Waals surface area contributed by atoms with Crippen molar-refractivity contribution in [2.45, 2.75) is 65.3 Å². The molecule has 0 atom stereocenters. The number of hydrogen-bond acceptors (Lipinski definition) is 2. The van der Waals surface area contributed by atoms with Crippen LogP contribution in [0.5, 0.6) is 0 Å². The summed E-state index contributed by atoms with van der Waals surface area (Å²) in [7, 11) is 0. The van der Waals surface area contributed by atoms with Crippen LogP contribution in [0.1, 0.15) is 59.3 Å². The van der Waals surface area contributed by atoms with Gasteiger partial charge in [0, 0.05) is 6.04 Å². The monoisotopic (exact) mass is 241 g/mol. The minimum absolute atomic E-state index is 0.604. The van der Waals surface area contributed by atoms with E-state index in [1.807, 2.05) is 0 Å². The van der Waals surface area contributed by atoms with Crippen LogP contribution in [0.3, 0.4) is 0 Å². The zero-order valence-corrected chi connectivity index (χ0v) is 11.5. The van der Waals surface area contributed by atoms with Gasteiger partial charge in [-0.3, -0.25) is 4.79 Å². The van der Waals surface area contributed by atoms with Crippen LogP contribution in [-0.2, 0) is 4.79 Å². The molecule has 0 aromatic carbocycles. The zero-order chi connectivity index (χ0) is 12.9. The summed E-state index contributed by atoms with van der Waals surface area (Å²) in [5.74, 6) is 0.220. The van der Waals surface area contributed by atoms with Gasteiger partial charge in [0.05, 0.1) is 5.41 Å². The molecule has 0 radical (unpaired) electrons. The van der Waals surface area contributed by atoms with E-state index in [4.69, 9.17) is 5.11 Å². The van der Waals surface area contributed by atoms with Gasteiger partial charge in [0.2, 0.25) is 0 Å². The minimum Gasteiger partial charge on any atom is -0.481 e. The fourth-order valence-corrected chi connectivity index (χ4v) is 2.47. The Morgan fingerprint density at radius 2 is 1.88 bits per heavy atom. The average Bonchev–Trinajstić information content (AvgIpc) is 2.29. The maximum Gasteiger partial charge on any atom is 0.309 e. The van der Waals surface area contributed by atoms with E-state index in [0.29, 0.717) is 12.5 Å². The fourth-order valence-electron chi connectivity index (χ4n) is 2.47. The average molecular weight is 241 g/mol. The van der Waals surface area contributed by atoms with Gasteiger partial charge < -0.3 is 10.4 Å². The molecule has 1 aliphatic rings. The van der Waals surface area contributed by atoms with E-state index in [-0.39, 0.29) is 0 Å². The second-order valence-electron chi connectivity index (χ2n) is 6.02. The van der Waals surface area contributed by atoms with E-state index in [9.17, 15) is 4.79 Å². The van der Waals surface area contributed by atoms with Crippen LogP contribution >= 0.6 is 0 Å². The van der Waals surface area contributed by atoms with Crippen LogP contribution in [-0.4, -0.2) is 23.7 Å². The fraction of sp³-hybridized carbons (Fsp3) is 0.929. The highest BCUT2D eigenvalue weighted by Crippen LogP contribution is 2.27. The molecule has 0 saturated heterocycles. The molecule has 1 rings (SSSR count). The number of carboxylic acid groups (broad SMARTS) is 1. The largest absolute Gasteiger partial charge is 0.481 e. The van der Waals surface area contributed by atoms with Crippen LogP contribution in [0.4, 0.5) is 0 Å². The Bertz CT molecular complexity index is 243. The van der Waals surface area contributed by atoms with Gasteiger partial charge in [-0.25, -0.2) is 0 Å². The molecule has 0 aromatic heterocycles. The molecule has 3 nitrogen and oxygen atoms in total. The van der Waals surface area contributed by atoms with Gasteiger partial charge in [0.25, 0.3) is 0 Å². The molecule has 1 saturated carbocycles. The molecule has 1 fully saturated rings. The molecule has 17 heavy (non-hydrogen) atoms. The van der Waals surface area contributed by atoms with Crippen molar-refractivity contribution < 1.29 is 9.90 Å². The van der Waals surface area contributed by atoms with Crippen LogP contribution < -0.4 is 5.32 Å². The lowest BCUT2D eigenvalue weighted by Crippen LogP contribution is -2.36. The van der Waals surface area contributed by atoms with Crippen molar-refractivity contribution >= 4 is 5.97 Å². The molecule has 2 N–H and O–H groups in total. The smallest absolute Gasteiger partial charge is 0.309 e. The third kappa shape index (κ3) is 4.66. The molecule has 100 valence electrons. The van der Waals surface area contributed by atoms with Crippen molar-refractivity contribution in [1.82, 2.24) is 5.32 Å². The van der Waals surface area contributed by atoms with Crippen LogP contribution in [0.2, 0.25) is 0 Å². The Kier molecular flexibility index (Phi) is 5.44. The summed E-state index contributed by atoms with van der Waals surface area (Å²) in [6.45, 7) is 6.69. The molecule has 0 aliphatic heterocycles. The minimum atomic E-state index is -0.700. The number of aliphatic carboxylic acids is 1. The molecule has 0 heterocycles. The second kappa shape index (κ2) is 6.39. The molecule has 0 amide bonds. The predicted molar refractivity (Wildman–Crippen MR) is 70.1 cm³/mol. The van der Waals surface area contributed by atoms with Crippen molar-refractivity contribution in [3.8, 4) is 0 Å². The highest BCUT2D eigenvalue weighted by atomic mass is 16.4. The van der Waals surface area contributed by atoms with E-state index in [2.05, 4.69) is 12.2 Å². The third-order valence-electron chi connectivity index (χ3n) is 4.19. The van der Waals surface area contributed by atoms with E-state index < -0.39 is 11.4 Å². The summed E-state index contributed by atoms with van der Waals surface area (Å²) >= 11 is 0. The lowest BCUT2D eigenvalue weighted by Gasteiger charge is -2.29. The first-order valence-electron chi connectivity index (χ1n) is 6.92. The Morgan fingerprint density at radius 3 is 2.35 bits per heavy atom. The van der Waals surface area contributed by atoms with Crippen LogP contribution in [0, 0.1) is 11.3 Å². The first kappa shape index (κ1) is 14.5. The van der Waals surface area contributed by atoms with Gasteiger partial charge in [-0.15, -0.1) is 0 Å². The number of carboxylic acids is 1. The van der Waals surface area contributed by atoms with Gasteiger partial charge in [-0.05, 0) is 58.4 Å². The topological polar surface area (TPSA) is 49.3 Å². The lowest BCUT2D eigenvalue weighted by atomic mass is 9.84. The van der Waals surface area contributed by atoms with Gasteiger partial charge in [-0.2, -0.15) is 0 Å². The van der Waals surface area contributed by atoms with Crippen LogP contribution in [0.15, 0.2) is 0 Å². The van der Waals surface area contributed by atoms with E-state index in [1.165, 1.54) is 32.1 Å². The predicted octanol–water partition coefficient (Wildman–Crippen LogP) is 3.05. The molecule has 1 aliphatic carbocycles. The second-order valence-corrected chi connectivity index (χ2v) is 6.02. The van der Waals surface area contributed by atoms with Crippen molar-refractivity contribution in [2.24, 2.45) is 11.3 Å². The normalized spacial score (nSPS) is 25.8. The number of rotatable bonds is 6. The molecule has 0 unspecified atom stereocenters. The maximum absolute atomic E-state index is 11.0. The van der Waals surface area contributed by atoms with Gasteiger partial charge in [0.1, 0.15) is 0 Å². The first-order chi connectivity index (χ1) is 7.95. The van der Waals surface area contributed by atoms with Crippen molar-refractivity contribution in [3.05, 3.63) is 0 Å². The highest BCUT2D eigenvalue weighted by Gasteiger charge is 2.27. The van der Waals surface area contributed by atoms with E-state index in [1.54, 1.807) is 13.8 Å². The molecular formula is C14H27NO2. The van der Waals surface area contributed by atoms with E-state index in [0.717, 1.165) is 12.5 Å². The van der Waals surface area contributed by atoms with Crippen LogP contribution in [0.25, 0.3) is 0 Å². The highest BCUT2D eigenvalue weighted by molar-refractivity contribution is 5.73. The number of hydrogen-bond donors (Lipinski definition) is 2. The number of carbonyl (C=O) groups is 1. The maximum atomic E-state index is 11.0. The molecule has 0 bridgehead atoms. The summed E-state index contributed by atoms with van der Waals surface area (Å²) < 4.78 is 0. The van der Waals surface area contributed by atoms with Crippen molar-refractivity contribution in [2.75, 3.05) is 6.54 Å². The summed E-state index contributed by atoms with van der Waals surface area (Å²) in [5, 5.41) is 12.5. The Balaban J connectivity index is 2.18. The third-order valence-corrected chi connectivity index (χ3v) is 4.19. The quantitative estimate of drug-likeness (QED) is 0.751. The number of nitrogens with one attached hydrogen (secondary N) is 1. The Labute approximate surface area is 105 Å². The summed E-state index contributed by atoms with van der Waals surface area (Å²) in [6, 6.07) is 0.613. The summed E-state index contributed by atoms with van der Waals surface area (Å²) in [5.41, 5.74) is -0.604. The molecule has 3 heteroatoms. The summed E-state index contributed by atoms with van der Waals surface area (Å²) in [4.78, 5) is 11.0. The SMILES string of the molecule is CCC1CCC(NCCC(C)(C)C(=O)O)CC1. The van der Waals surface area contributed by atoms with Gasteiger partial charge >= 0.3 is 5.97 Å². The van der Waals surface area contributed by atoms with Gasteiger partial charge in [0.15, 0.2) is 0 Å². The van der Waals surface area contributed by atoms with Crippen molar-refractivity contribution in [1.29, 1.82) is 0 Å². The molecule has 0 aromatic rings. The molecular weight excluding hydrogens is 214 g/mol. The van der Waals surface area contributed by atoms with E-state index >= 15 is 0 Å². The lowest BCUT2D eigenvalue weighted by molar-refractivity contribution is -0.147. The Morgan fingerprint density at radius 1 is 1.29 bits per heavy atom. The zero-order valence-electron chi connectivity index (χ0n) is 11.5. The molecule has 0 spiro atoms.